The lowest BCUT2D eigenvalue weighted by atomic mass is 9.95. The molecule has 0 bridgehead atoms. The maximum absolute atomic E-state index is 12.7. The molecule has 1 amide bonds. The summed E-state index contributed by atoms with van der Waals surface area (Å²) in [5.41, 5.74) is 2.60. The van der Waals surface area contributed by atoms with E-state index in [1.807, 2.05) is 30.9 Å². The van der Waals surface area contributed by atoms with Gasteiger partial charge in [0, 0.05) is 19.6 Å². The molecule has 0 aromatic heterocycles. The van der Waals surface area contributed by atoms with Crippen LogP contribution in [0.15, 0.2) is 24.3 Å². The number of amides is 1. The lowest BCUT2D eigenvalue weighted by Crippen LogP contribution is -2.55. The molecule has 0 spiro atoms. The number of benzene rings is 1. The topological polar surface area (TPSA) is 41.6 Å². The van der Waals surface area contributed by atoms with Crippen molar-refractivity contribution >= 4 is 5.91 Å². The molecule has 4 heteroatoms. The fourth-order valence-corrected chi connectivity index (χ4v) is 3.21. The second-order valence-corrected chi connectivity index (χ2v) is 5.91. The molecule has 2 heterocycles. The molecule has 0 radical (unpaired) electrons. The first-order valence-corrected chi connectivity index (χ1v) is 7.38. The van der Waals surface area contributed by atoms with Crippen LogP contribution in [0.1, 0.15) is 25.0 Å². The number of rotatable bonds is 1. The Balaban J connectivity index is 1.69. The van der Waals surface area contributed by atoms with Gasteiger partial charge in [-0.3, -0.25) is 4.79 Å². The highest BCUT2D eigenvalue weighted by Gasteiger charge is 2.32. The zero-order valence-electron chi connectivity index (χ0n) is 12.1. The van der Waals surface area contributed by atoms with Crippen LogP contribution in [-0.2, 0) is 22.5 Å². The lowest BCUT2D eigenvalue weighted by molar-refractivity contribution is -0.145. The summed E-state index contributed by atoms with van der Waals surface area (Å²) < 4.78 is 5.70. The molecule has 3 unspecified atom stereocenters. The van der Waals surface area contributed by atoms with E-state index in [-0.39, 0.29) is 24.2 Å². The minimum absolute atomic E-state index is 0.0950. The zero-order valence-corrected chi connectivity index (χ0v) is 12.1. The van der Waals surface area contributed by atoms with Crippen molar-refractivity contribution in [2.45, 2.75) is 45.1 Å². The molecule has 1 fully saturated rings. The number of fused-ring (bicyclic) bond motifs is 1. The van der Waals surface area contributed by atoms with Gasteiger partial charge in [-0.05, 0) is 31.4 Å². The number of ether oxygens (including phenoxy) is 1. The SMILES string of the molecule is CC1CN(C(=O)C2Cc3ccccc3CN2)CC(C)O1. The predicted molar refractivity (Wildman–Crippen MR) is 77.4 cm³/mol. The number of carbonyl (C=O) groups is 1. The van der Waals surface area contributed by atoms with Gasteiger partial charge in [-0.15, -0.1) is 0 Å². The Morgan fingerprint density at radius 2 is 1.85 bits per heavy atom. The van der Waals surface area contributed by atoms with Crippen LogP contribution < -0.4 is 5.32 Å². The molecule has 0 aliphatic carbocycles. The highest BCUT2D eigenvalue weighted by atomic mass is 16.5. The number of nitrogens with one attached hydrogen (secondary N) is 1. The molecule has 20 heavy (non-hydrogen) atoms. The Hall–Kier alpha value is -1.39. The maximum atomic E-state index is 12.7. The summed E-state index contributed by atoms with van der Waals surface area (Å²) in [6.07, 6.45) is 1.03. The number of nitrogens with zero attached hydrogens (tertiary/aromatic N) is 1. The van der Waals surface area contributed by atoms with Crippen molar-refractivity contribution in [1.82, 2.24) is 10.2 Å². The Morgan fingerprint density at radius 3 is 2.55 bits per heavy atom. The summed E-state index contributed by atoms with van der Waals surface area (Å²) in [6, 6.07) is 8.25. The van der Waals surface area contributed by atoms with E-state index in [0.717, 1.165) is 13.0 Å². The third-order valence-corrected chi connectivity index (χ3v) is 4.11. The highest BCUT2D eigenvalue weighted by Crippen LogP contribution is 2.19. The van der Waals surface area contributed by atoms with Crippen LogP contribution in [0.5, 0.6) is 0 Å². The van der Waals surface area contributed by atoms with E-state index >= 15 is 0 Å². The van der Waals surface area contributed by atoms with Crippen LogP contribution in [-0.4, -0.2) is 42.1 Å². The normalized spacial score (nSPS) is 29.9. The van der Waals surface area contributed by atoms with Gasteiger partial charge >= 0.3 is 0 Å². The molecule has 3 rings (SSSR count). The first-order valence-electron chi connectivity index (χ1n) is 7.38. The molecule has 2 aliphatic heterocycles. The molecule has 2 aliphatic rings. The van der Waals surface area contributed by atoms with Gasteiger partial charge in [-0.25, -0.2) is 0 Å². The lowest BCUT2D eigenvalue weighted by Gasteiger charge is -2.38. The molecule has 0 saturated carbocycles. The smallest absolute Gasteiger partial charge is 0.240 e. The number of hydrogen-bond acceptors (Lipinski definition) is 3. The fraction of sp³-hybridized carbons (Fsp3) is 0.562. The molecule has 1 aromatic carbocycles. The van der Waals surface area contributed by atoms with Crippen molar-refractivity contribution in [3.63, 3.8) is 0 Å². The molecule has 3 atom stereocenters. The van der Waals surface area contributed by atoms with E-state index in [1.165, 1.54) is 11.1 Å². The molecule has 108 valence electrons. The summed E-state index contributed by atoms with van der Waals surface area (Å²) in [6.45, 7) is 6.23. The molecular weight excluding hydrogens is 252 g/mol. The van der Waals surface area contributed by atoms with E-state index < -0.39 is 0 Å². The van der Waals surface area contributed by atoms with Gasteiger partial charge in [0.1, 0.15) is 0 Å². The number of carbonyl (C=O) groups excluding carboxylic acids is 1. The van der Waals surface area contributed by atoms with Gasteiger partial charge in [-0.2, -0.15) is 0 Å². The molecule has 4 nitrogen and oxygen atoms in total. The van der Waals surface area contributed by atoms with Crippen LogP contribution in [0.2, 0.25) is 0 Å². The summed E-state index contributed by atoms with van der Waals surface area (Å²) >= 11 is 0. The number of morpholine rings is 1. The third-order valence-electron chi connectivity index (χ3n) is 4.11. The van der Waals surface area contributed by atoms with E-state index in [2.05, 4.69) is 17.4 Å². The minimum atomic E-state index is -0.0950. The fourth-order valence-electron chi connectivity index (χ4n) is 3.21. The van der Waals surface area contributed by atoms with Crippen molar-refractivity contribution in [3.8, 4) is 0 Å². The van der Waals surface area contributed by atoms with Crippen LogP contribution in [0.4, 0.5) is 0 Å². The van der Waals surface area contributed by atoms with Crippen molar-refractivity contribution in [1.29, 1.82) is 0 Å². The number of hydrogen-bond donors (Lipinski definition) is 1. The van der Waals surface area contributed by atoms with Crippen molar-refractivity contribution in [2.24, 2.45) is 0 Å². The molecule has 1 saturated heterocycles. The van der Waals surface area contributed by atoms with Crippen molar-refractivity contribution in [3.05, 3.63) is 35.4 Å². The van der Waals surface area contributed by atoms with Gasteiger partial charge in [0.25, 0.3) is 0 Å². The first-order chi connectivity index (χ1) is 9.63. The van der Waals surface area contributed by atoms with Crippen molar-refractivity contribution in [2.75, 3.05) is 13.1 Å². The Bertz CT molecular complexity index is 493. The predicted octanol–water partition coefficient (Wildman–Crippen LogP) is 1.34. The van der Waals surface area contributed by atoms with E-state index in [1.54, 1.807) is 0 Å². The second kappa shape index (κ2) is 5.54. The van der Waals surface area contributed by atoms with E-state index in [4.69, 9.17) is 4.74 Å². The van der Waals surface area contributed by atoms with E-state index in [0.29, 0.717) is 13.1 Å². The van der Waals surface area contributed by atoms with Gasteiger partial charge < -0.3 is 15.0 Å². The standard InChI is InChI=1S/C16H22N2O2/c1-11-9-18(10-12(2)20-11)16(19)15-7-13-5-3-4-6-14(13)8-17-15/h3-6,11-12,15,17H,7-10H2,1-2H3. The quantitative estimate of drug-likeness (QED) is 0.840. The minimum Gasteiger partial charge on any atom is -0.372 e. The molecule has 1 N–H and O–H groups in total. The summed E-state index contributed by atoms with van der Waals surface area (Å²) in [4.78, 5) is 14.6. The van der Waals surface area contributed by atoms with Crippen LogP contribution in [0, 0.1) is 0 Å². The highest BCUT2D eigenvalue weighted by molar-refractivity contribution is 5.82. The van der Waals surface area contributed by atoms with Gasteiger partial charge in [0.05, 0.1) is 18.2 Å². The van der Waals surface area contributed by atoms with Gasteiger partial charge in [-0.1, -0.05) is 24.3 Å². The molecule has 1 aromatic rings. The van der Waals surface area contributed by atoms with E-state index in [9.17, 15) is 4.79 Å². The first kappa shape index (κ1) is 13.6. The van der Waals surface area contributed by atoms with Crippen LogP contribution in [0.3, 0.4) is 0 Å². The average Bonchev–Trinajstić information content (AvgIpc) is 2.45. The Morgan fingerprint density at radius 1 is 1.20 bits per heavy atom. The summed E-state index contributed by atoms with van der Waals surface area (Å²) in [5, 5.41) is 3.37. The molecular formula is C16H22N2O2. The maximum Gasteiger partial charge on any atom is 0.240 e. The van der Waals surface area contributed by atoms with Crippen molar-refractivity contribution < 1.29 is 9.53 Å². The largest absolute Gasteiger partial charge is 0.372 e. The van der Waals surface area contributed by atoms with Crippen LogP contribution >= 0.6 is 0 Å². The Labute approximate surface area is 120 Å². The van der Waals surface area contributed by atoms with Crippen LogP contribution in [0.25, 0.3) is 0 Å². The monoisotopic (exact) mass is 274 g/mol. The van der Waals surface area contributed by atoms with Gasteiger partial charge in [0.15, 0.2) is 0 Å². The third kappa shape index (κ3) is 2.72. The second-order valence-electron chi connectivity index (χ2n) is 5.91. The van der Waals surface area contributed by atoms with Gasteiger partial charge in [0.2, 0.25) is 5.91 Å². The average molecular weight is 274 g/mol. The zero-order chi connectivity index (χ0) is 14.1. The summed E-state index contributed by atoms with van der Waals surface area (Å²) in [7, 11) is 0. The summed E-state index contributed by atoms with van der Waals surface area (Å²) in [5.74, 6) is 0.210. The Kier molecular flexibility index (Phi) is 3.76.